The maximum Gasteiger partial charge on any atom is 0.279 e. The highest BCUT2D eigenvalue weighted by Crippen LogP contribution is 2.26. The van der Waals surface area contributed by atoms with Gasteiger partial charge in [0.15, 0.2) is 5.69 Å². The molecule has 0 saturated heterocycles. The van der Waals surface area contributed by atoms with Crippen LogP contribution in [-0.2, 0) is 6.42 Å². The summed E-state index contributed by atoms with van der Waals surface area (Å²) in [5.74, 6) is 0.681. The summed E-state index contributed by atoms with van der Waals surface area (Å²) in [6.45, 7) is 2.09. The summed E-state index contributed by atoms with van der Waals surface area (Å²) in [4.78, 5) is 21.6. The van der Waals surface area contributed by atoms with Gasteiger partial charge in [0, 0.05) is 23.3 Å². The van der Waals surface area contributed by atoms with E-state index in [9.17, 15) is 4.79 Å². The van der Waals surface area contributed by atoms with Gasteiger partial charge in [0.25, 0.3) is 11.4 Å². The van der Waals surface area contributed by atoms with E-state index in [1.807, 2.05) is 42.5 Å². The Bertz CT molecular complexity index is 1390. The van der Waals surface area contributed by atoms with Crippen LogP contribution in [0.1, 0.15) is 12.5 Å². The van der Waals surface area contributed by atoms with Crippen LogP contribution in [0.15, 0.2) is 82.4 Å². The lowest BCUT2D eigenvalue weighted by Gasteiger charge is -2.09. The smallest absolute Gasteiger partial charge is 0.279 e. The third kappa shape index (κ3) is 3.06. The quantitative estimate of drug-likeness (QED) is 0.456. The first kappa shape index (κ1) is 17.9. The molecule has 0 atom stereocenters. The van der Waals surface area contributed by atoms with E-state index in [2.05, 4.69) is 27.1 Å². The van der Waals surface area contributed by atoms with Gasteiger partial charge in [0.2, 0.25) is 5.82 Å². The summed E-state index contributed by atoms with van der Waals surface area (Å²) >= 11 is 0. The molecule has 5 aromatic rings. The second-order valence-electron chi connectivity index (χ2n) is 6.79. The zero-order valence-corrected chi connectivity index (χ0v) is 16.2. The van der Waals surface area contributed by atoms with Crippen LogP contribution in [-0.4, -0.2) is 24.9 Å². The van der Waals surface area contributed by atoms with Gasteiger partial charge in [-0.05, 0) is 42.3 Å². The molecule has 0 saturated carbocycles. The Kier molecular flexibility index (Phi) is 4.40. The zero-order chi connectivity index (χ0) is 20.5. The van der Waals surface area contributed by atoms with Crippen LogP contribution in [0.4, 0.5) is 0 Å². The van der Waals surface area contributed by atoms with Gasteiger partial charge in [-0.3, -0.25) is 9.78 Å². The Morgan fingerprint density at radius 2 is 1.67 bits per heavy atom. The number of rotatable bonds is 4. The highest BCUT2D eigenvalue weighted by Gasteiger charge is 2.19. The summed E-state index contributed by atoms with van der Waals surface area (Å²) in [6.07, 6.45) is 4.25. The predicted octanol–water partition coefficient (Wildman–Crippen LogP) is 4.06. The number of aromatic nitrogens is 5. The van der Waals surface area contributed by atoms with E-state index >= 15 is 0 Å². The Balaban J connectivity index is 1.71. The van der Waals surface area contributed by atoms with Crippen LogP contribution in [0.3, 0.4) is 0 Å². The lowest BCUT2D eigenvalue weighted by molar-refractivity contribution is 0.430. The van der Waals surface area contributed by atoms with E-state index in [1.165, 1.54) is 10.2 Å². The zero-order valence-electron chi connectivity index (χ0n) is 16.2. The summed E-state index contributed by atoms with van der Waals surface area (Å²) in [5, 5.41) is 9.87. The van der Waals surface area contributed by atoms with Crippen LogP contribution in [0.5, 0.6) is 0 Å². The SMILES string of the molecule is CCc1ccc(-n2nc(-c3nc(-c4ccncc4)no3)c3ccccc3c2=O)cc1. The molecule has 0 aliphatic rings. The van der Waals surface area contributed by atoms with Gasteiger partial charge in [0.1, 0.15) is 0 Å². The highest BCUT2D eigenvalue weighted by atomic mass is 16.5. The highest BCUT2D eigenvalue weighted by molar-refractivity contribution is 5.92. The molecule has 0 bridgehead atoms. The Labute approximate surface area is 171 Å². The second-order valence-corrected chi connectivity index (χ2v) is 6.79. The van der Waals surface area contributed by atoms with Gasteiger partial charge >= 0.3 is 0 Å². The Morgan fingerprint density at radius 3 is 2.40 bits per heavy atom. The van der Waals surface area contributed by atoms with Crippen LogP contribution in [0.25, 0.3) is 39.4 Å². The molecule has 0 unspecified atom stereocenters. The number of pyridine rings is 1. The lowest BCUT2D eigenvalue weighted by Crippen LogP contribution is -2.22. The predicted molar refractivity (Wildman–Crippen MR) is 113 cm³/mol. The lowest BCUT2D eigenvalue weighted by atomic mass is 10.1. The van der Waals surface area contributed by atoms with E-state index < -0.39 is 0 Å². The van der Waals surface area contributed by atoms with Crippen molar-refractivity contribution in [3.8, 4) is 28.7 Å². The molecule has 0 radical (unpaired) electrons. The number of benzene rings is 2. The minimum Gasteiger partial charge on any atom is -0.332 e. The molecule has 0 amide bonds. The van der Waals surface area contributed by atoms with Crippen molar-refractivity contribution in [1.82, 2.24) is 24.9 Å². The van der Waals surface area contributed by atoms with Crippen molar-refractivity contribution >= 4 is 10.8 Å². The monoisotopic (exact) mass is 395 g/mol. The van der Waals surface area contributed by atoms with Gasteiger partial charge < -0.3 is 4.52 Å². The normalized spacial score (nSPS) is 11.1. The molecule has 7 heteroatoms. The molecule has 5 rings (SSSR count). The van der Waals surface area contributed by atoms with E-state index in [1.54, 1.807) is 30.6 Å². The molecule has 3 heterocycles. The number of hydrogen-bond acceptors (Lipinski definition) is 6. The van der Waals surface area contributed by atoms with Gasteiger partial charge in [0.05, 0.1) is 11.1 Å². The molecule has 2 aromatic carbocycles. The Hall–Kier alpha value is -4.13. The number of aryl methyl sites for hydroxylation is 1. The fourth-order valence-corrected chi connectivity index (χ4v) is 3.33. The first-order valence-corrected chi connectivity index (χ1v) is 9.60. The van der Waals surface area contributed by atoms with Gasteiger partial charge in [-0.1, -0.05) is 42.4 Å². The molecule has 146 valence electrons. The van der Waals surface area contributed by atoms with Crippen molar-refractivity contribution < 1.29 is 4.52 Å². The van der Waals surface area contributed by atoms with Gasteiger partial charge in [-0.15, -0.1) is 0 Å². The Morgan fingerprint density at radius 1 is 0.933 bits per heavy atom. The maximum atomic E-state index is 13.1. The maximum absolute atomic E-state index is 13.1. The van der Waals surface area contributed by atoms with E-state index in [-0.39, 0.29) is 11.4 Å². The van der Waals surface area contributed by atoms with Crippen molar-refractivity contribution in [2.75, 3.05) is 0 Å². The van der Waals surface area contributed by atoms with E-state index in [0.29, 0.717) is 28.0 Å². The van der Waals surface area contributed by atoms with E-state index in [4.69, 9.17) is 4.52 Å². The average Bonchev–Trinajstić information content (AvgIpc) is 3.30. The topological polar surface area (TPSA) is 86.7 Å². The molecule has 0 N–H and O–H groups in total. The minimum absolute atomic E-state index is 0.201. The molecule has 7 nitrogen and oxygen atoms in total. The molecule has 3 aromatic heterocycles. The summed E-state index contributed by atoms with van der Waals surface area (Å²) in [6, 6.07) is 18.7. The van der Waals surface area contributed by atoms with Crippen molar-refractivity contribution in [3.05, 3.63) is 89.0 Å². The first-order valence-electron chi connectivity index (χ1n) is 9.60. The number of nitrogens with zero attached hydrogens (tertiary/aromatic N) is 5. The summed E-state index contributed by atoms with van der Waals surface area (Å²) < 4.78 is 6.90. The van der Waals surface area contributed by atoms with Crippen molar-refractivity contribution in [2.24, 2.45) is 0 Å². The van der Waals surface area contributed by atoms with Crippen LogP contribution >= 0.6 is 0 Å². The van der Waals surface area contributed by atoms with Crippen LogP contribution in [0.2, 0.25) is 0 Å². The average molecular weight is 395 g/mol. The molecular formula is C23H17N5O2. The molecular weight excluding hydrogens is 378 g/mol. The minimum atomic E-state index is -0.201. The fraction of sp³-hybridized carbons (Fsp3) is 0.0870. The largest absolute Gasteiger partial charge is 0.332 e. The third-order valence-electron chi connectivity index (χ3n) is 4.96. The molecule has 0 fully saturated rings. The molecule has 0 spiro atoms. The number of hydrogen-bond donors (Lipinski definition) is 0. The van der Waals surface area contributed by atoms with Gasteiger partial charge in [-0.25, -0.2) is 0 Å². The van der Waals surface area contributed by atoms with Crippen molar-refractivity contribution in [2.45, 2.75) is 13.3 Å². The van der Waals surface area contributed by atoms with Crippen LogP contribution < -0.4 is 5.56 Å². The fourth-order valence-electron chi connectivity index (χ4n) is 3.33. The van der Waals surface area contributed by atoms with Crippen molar-refractivity contribution in [1.29, 1.82) is 0 Å². The van der Waals surface area contributed by atoms with Crippen LogP contribution in [0, 0.1) is 0 Å². The summed E-state index contributed by atoms with van der Waals surface area (Å²) in [5.41, 5.74) is 2.91. The first-order chi connectivity index (χ1) is 14.7. The van der Waals surface area contributed by atoms with Gasteiger partial charge in [-0.2, -0.15) is 14.8 Å². The molecule has 0 aliphatic heterocycles. The second kappa shape index (κ2) is 7.36. The standard InChI is InChI=1S/C23H17N5O2/c1-2-15-7-9-17(10-8-15)28-23(29)19-6-4-3-5-18(19)20(26-28)22-25-21(27-30-22)16-11-13-24-14-12-16/h3-14H,2H2,1H3. The van der Waals surface area contributed by atoms with Crippen molar-refractivity contribution in [3.63, 3.8) is 0 Å². The van der Waals surface area contributed by atoms with E-state index in [0.717, 1.165) is 12.0 Å². The third-order valence-corrected chi connectivity index (χ3v) is 4.96. The molecule has 30 heavy (non-hydrogen) atoms. The molecule has 0 aliphatic carbocycles. The number of fused-ring (bicyclic) bond motifs is 1. The summed E-state index contributed by atoms with van der Waals surface area (Å²) in [7, 11) is 0.